The zero-order valence-corrected chi connectivity index (χ0v) is 5.64. The van der Waals surface area contributed by atoms with Crippen molar-refractivity contribution < 1.29 is 4.79 Å². The van der Waals surface area contributed by atoms with Crippen molar-refractivity contribution in [3.63, 3.8) is 0 Å². The van der Waals surface area contributed by atoms with Crippen LogP contribution in [0.1, 0.15) is 6.92 Å². The standard InChI is InChI=1S/C8H7NO/c1-5(10)9-8-4-6-2-3-7(6)8/h2-4H,1H3,(H,9,10). The Kier molecular flexibility index (Phi) is 0.873. The summed E-state index contributed by atoms with van der Waals surface area (Å²) in [7, 11) is 0. The third-order valence-electron chi connectivity index (χ3n) is 1.64. The summed E-state index contributed by atoms with van der Waals surface area (Å²) < 4.78 is 0. The summed E-state index contributed by atoms with van der Waals surface area (Å²) >= 11 is 0. The first-order valence-electron chi connectivity index (χ1n) is 3.19. The molecule has 2 rings (SSSR count). The average Bonchev–Trinajstić information content (AvgIpc) is 1.80. The molecule has 10 heavy (non-hydrogen) atoms. The third-order valence-corrected chi connectivity index (χ3v) is 1.64. The summed E-state index contributed by atoms with van der Waals surface area (Å²) in [6.07, 6.45) is 0. The Bertz CT molecular complexity index is 381. The van der Waals surface area contributed by atoms with Gasteiger partial charge in [-0.1, -0.05) is 12.1 Å². The van der Waals surface area contributed by atoms with Gasteiger partial charge in [-0.2, -0.15) is 0 Å². The molecule has 0 aromatic heterocycles. The monoisotopic (exact) mass is 133 g/mol. The summed E-state index contributed by atoms with van der Waals surface area (Å²) in [5, 5.41) is 5.17. The molecule has 0 bridgehead atoms. The van der Waals surface area contributed by atoms with Gasteiger partial charge in [-0.3, -0.25) is 4.79 Å². The van der Waals surface area contributed by atoms with E-state index in [1.807, 2.05) is 18.2 Å². The summed E-state index contributed by atoms with van der Waals surface area (Å²) in [4.78, 5) is 10.5. The van der Waals surface area contributed by atoms with Crippen LogP contribution in [-0.4, -0.2) is 5.91 Å². The third kappa shape index (κ3) is 0.559. The van der Waals surface area contributed by atoms with Gasteiger partial charge in [0.15, 0.2) is 0 Å². The Morgan fingerprint density at radius 2 is 2.30 bits per heavy atom. The fraction of sp³-hybridized carbons (Fsp3) is 0.125. The molecule has 2 aliphatic carbocycles. The Hall–Kier alpha value is -1.31. The van der Waals surface area contributed by atoms with Crippen molar-refractivity contribution >= 4 is 11.6 Å². The molecule has 0 spiro atoms. The van der Waals surface area contributed by atoms with Gasteiger partial charge < -0.3 is 5.32 Å². The van der Waals surface area contributed by atoms with E-state index < -0.39 is 0 Å². The maximum Gasteiger partial charge on any atom is 0.221 e. The summed E-state index contributed by atoms with van der Waals surface area (Å²) in [5.41, 5.74) is 0.963. The Balaban J connectivity index is 2.27. The number of hydrogen-bond donors (Lipinski definition) is 1. The van der Waals surface area contributed by atoms with Crippen molar-refractivity contribution in [2.45, 2.75) is 6.92 Å². The molecule has 0 fully saturated rings. The number of carbonyl (C=O) groups is 1. The molecule has 0 atom stereocenters. The molecule has 0 aliphatic heterocycles. The van der Waals surface area contributed by atoms with Gasteiger partial charge in [-0.15, -0.1) is 0 Å². The van der Waals surface area contributed by atoms with E-state index in [0.29, 0.717) is 0 Å². The van der Waals surface area contributed by atoms with Gasteiger partial charge in [0.05, 0.1) is 0 Å². The van der Waals surface area contributed by atoms with E-state index in [1.54, 1.807) is 0 Å². The maximum absolute atomic E-state index is 10.5. The van der Waals surface area contributed by atoms with Gasteiger partial charge >= 0.3 is 0 Å². The molecule has 0 saturated heterocycles. The first-order chi connectivity index (χ1) is 4.77. The normalized spacial score (nSPS) is 10.9. The van der Waals surface area contributed by atoms with Crippen LogP contribution in [0.2, 0.25) is 0 Å². The van der Waals surface area contributed by atoms with Gasteiger partial charge in [0.1, 0.15) is 0 Å². The van der Waals surface area contributed by atoms with Crippen LogP contribution in [0, 0.1) is 10.4 Å². The van der Waals surface area contributed by atoms with Crippen molar-refractivity contribution in [3.8, 4) is 0 Å². The molecule has 2 heteroatoms. The van der Waals surface area contributed by atoms with Gasteiger partial charge in [-0.05, 0) is 11.3 Å². The number of benzene rings is 1. The molecule has 2 nitrogen and oxygen atoms in total. The van der Waals surface area contributed by atoms with Crippen LogP contribution < -0.4 is 5.32 Å². The van der Waals surface area contributed by atoms with Crippen LogP contribution >= 0.6 is 0 Å². The summed E-state index contributed by atoms with van der Waals surface area (Å²) in [6, 6.07) is 6.00. The largest absolute Gasteiger partial charge is 0.326 e. The maximum atomic E-state index is 10.5. The highest BCUT2D eigenvalue weighted by molar-refractivity contribution is 5.89. The highest BCUT2D eigenvalue weighted by atomic mass is 16.1. The van der Waals surface area contributed by atoms with Gasteiger partial charge in [-0.25, -0.2) is 0 Å². The minimum Gasteiger partial charge on any atom is -0.326 e. The smallest absolute Gasteiger partial charge is 0.221 e. The fourth-order valence-corrected chi connectivity index (χ4v) is 1.08. The van der Waals surface area contributed by atoms with Crippen LogP contribution in [0.25, 0.3) is 0 Å². The van der Waals surface area contributed by atoms with E-state index in [-0.39, 0.29) is 5.91 Å². The average molecular weight is 133 g/mol. The molecule has 0 radical (unpaired) electrons. The van der Waals surface area contributed by atoms with E-state index in [1.165, 1.54) is 17.4 Å². The van der Waals surface area contributed by atoms with Gasteiger partial charge in [0.2, 0.25) is 5.91 Å². The molecule has 0 unspecified atom stereocenters. The highest BCUT2D eigenvalue weighted by Crippen LogP contribution is 2.20. The van der Waals surface area contributed by atoms with Crippen molar-refractivity contribution in [3.05, 3.63) is 28.6 Å². The fourth-order valence-electron chi connectivity index (χ4n) is 1.08. The topological polar surface area (TPSA) is 29.1 Å². The predicted octanol–water partition coefficient (Wildman–Crippen LogP) is 1.25. The molecule has 1 amide bonds. The van der Waals surface area contributed by atoms with Gasteiger partial charge in [0, 0.05) is 17.8 Å². The van der Waals surface area contributed by atoms with E-state index in [0.717, 1.165) is 5.69 Å². The number of rotatable bonds is 1. The first kappa shape index (κ1) is 5.47. The van der Waals surface area contributed by atoms with E-state index in [4.69, 9.17) is 0 Å². The summed E-state index contributed by atoms with van der Waals surface area (Å²) in [6.45, 7) is 1.52. The predicted molar refractivity (Wildman–Crippen MR) is 38.4 cm³/mol. The molecule has 0 saturated carbocycles. The number of hydrogen-bond acceptors (Lipinski definition) is 1. The minimum absolute atomic E-state index is 0.00176. The molecule has 1 N–H and O–H groups in total. The van der Waals surface area contributed by atoms with Crippen LogP contribution in [0.15, 0.2) is 18.2 Å². The zero-order valence-electron chi connectivity index (χ0n) is 5.64. The van der Waals surface area contributed by atoms with E-state index in [2.05, 4.69) is 5.32 Å². The highest BCUT2D eigenvalue weighted by Gasteiger charge is 2.05. The second kappa shape index (κ2) is 1.59. The molecule has 50 valence electrons. The van der Waals surface area contributed by atoms with Crippen LogP contribution in [0.3, 0.4) is 0 Å². The van der Waals surface area contributed by atoms with Crippen molar-refractivity contribution in [2.75, 3.05) is 5.32 Å². The number of amides is 1. The van der Waals surface area contributed by atoms with E-state index >= 15 is 0 Å². The van der Waals surface area contributed by atoms with Crippen LogP contribution in [0.5, 0.6) is 0 Å². The van der Waals surface area contributed by atoms with Crippen LogP contribution in [-0.2, 0) is 4.79 Å². The molecule has 0 aromatic carbocycles. The Morgan fingerprint density at radius 3 is 2.60 bits per heavy atom. The molecular weight excluding hydrogens is 126 g/mol. The molecule has 0 aromatic rings. The minimum atomic E-state index is -0.00176. The molecule has 0 heterocycles. The van der Waals surface area contributed by atoms with E-state index in [9.17, 15) is 4.79 Å². The SMILES string of the molecule is CC(=O)Nc1cc2ccc1=2. The van der Waals surface area contributed by atoms with Crippen molar-refractivity contribution in [2.24, 2.45) is 0 Å². The zero-order chi connectivity index (χ0) is 7.14. The number of carbonyl (C=O) groups excluding carboxylic acids is 1. The quantitative estimate of drug-likeness (QED) is 0.623. The Morgan fingerprint density at radius 1 is 1.50 bits per heavy atom. The Labute approximate surface area is 58.2 Å². The number of anilines is 1. The lowest BCUT2D eigenvalue weighted by molar-refractivity contribution is -0.114. The lowest BCUT2D eigenvalue weighted by atomic mass is 10.0. The first-order valence-corrected chi connectivity index (χ1v) is 3.19. The molecule has 2 aliphatic rings. The second-order valence-corrected chi connectivity index (χ2v) is 2.44. The number of nitrogens with one attached hydrogen (secondary N) is 1. The van der Waals surface area contributed by atoms with Gasteiger partial charge in [0.25, 0.3) is 0 Å². The molecular formula is C8H7NO. The lowest BCUT2D eigenvalue weighted by Gasteiger charge is -2.10. The second-order valence-electron chi connectivity index (χ2n) is 2.44. The summed E-state index contributed by atoms with van der Waals surface area (Å²) in [5.74, 6) is -0.00176. The van der Waals surface area contributed by atoms with Crippen LogP contribution in [0.4, 0.5) is 5.69 Å². The lowest BCUT2D eigenvalue weighted by Crippen LogP contribution is -2.09. The van der Waals surface area contributed by atoms with Crippen molar-refractivity contribution in [1.29, 1.82) is 0 Å². The van der Waals surface area contributed by atoms with Crippen molar-refractivity contribution in [1.82, 2.24) is 0 Å².